The molecule has 4 aromatic rings. The standard InChI is InChI=1S/C8H6O.C7H5NO/c1-2-4-8-7(3-1)5-6-9-8;1-2-4-7-6(3-1)5-8-9-7/h1-6H;1-5H. The van der Waals surface area contributed by atoms with Gasteiger partial charge in [0.1, 0.15) is 5.58 Å². The van der Waals surface area contributed by atoms with Gasteiger partial charge in [-0.1, -0.05) is 35.5 Å². The van der Waals surface area contributed by atoms with Crippen molar-refractivity contribution in [2.24, 2.45) is 0 Å². The van der Waals surface area contributed by atoms with E-state index in [0.29, 0.717) is 0 Å². The van der Waals surface area contributed by atoms with Crippen LogP contribution >= 0.6 is 0 Å². The average molecular weight is 237 g/mol. The average Bonchev–Trinajstić information content (AvgIpc) is 3.08. The first-order chi connectivity index (χ1) is 8.93. The molecule has 2 aromatic carbocycles. The lowest BCUT2D eigenvalue weighted by Crippen LogP contribution is -1.57. The molecule has 0 aliphatic carbocycles. The van der Waals surface area contributed by atoms with Crippen LogP contribution in [0.25, 0.3) is 21.9 Å². The molecule has 2 heterocycles. The SMILES string of the molecule is c1ccc2occc2c1.c1ccc2oncc2c1. The van der Waals surface area contributed by atoms with Gasteiger partial charge in [0.05, 0.1) is 12.5 Å². The molecular formula is C15H11NO2. The van der Waals surface area contributed by atoms with E-state index in [4.69, 9.17) is 8.94 Å². The number of para-hydroxylation sites is 2. The lowest BCUT2D eigenvalue weighted by Gasteiger charge is -1.81. The molecule has 3 nitrogen and oxygen atoms in total. The van der Waals surface area contributed by atoms with E-state index in [1.165, 1.54) is 0 Å². The predicted octanol–water partition coefficient (Wildman–Crippen LogP) is 4.26. The second kappa shape index (κ2) is 4.75. The molecule has 0 saturated carbocycles. The van der Waals surface area contributed by atoms with Crippen LogP contribution in [0.1, 0.15) is 0 Å². The van der Waals surface area contributed by atoms with Gasteiger partial charge in [-0.05, 0) is 24.3 Å². The number of furan rings is 1. The molecule has 3 heteroatoms. The van der Waals surface area contributed by atoms with Crippen LogP contribution in [0.3, 0.4) is 0 Å². The van der Waals surface area contributed by atoms with Crippen LogP contribution in [-0.4, -0.2) is 5.16 Å². The van der Waals surface area contributed by atoms with Crippen molar-refractivity contribution < 1.29 is 8.94 Å². The summed E-state index contributed by atoms with van der Waals surface area (Å²) >= 11 is 0. The Kier molecular flexibility index (Phi) is 2.80. The molecule has 0 N–H and O–H groups in total. The van der Waals surface area contributed by atoms with Crippen molar-refractivity contribution in [3.63, 3.8) is 0 Å². The summed E-state index contributed by atoms with van der Waals surface area (Å²) in [5, 5.41) is 5.84. The van der Waals surface area contributed by atoms with Crippen LogP contribution in [0.5, 0.6) is 0 Å². The van der Waals surface area contributed by atoms with E-state index in [9.17, 15) is 0 Å². The summed E-state index contributed by atoms with van der Waals surface area (Å²) in [5.41, 5.74) is 1.80. The van der Waals surface area contributed by atoms with E-state index in [2.05, 4.69) is 5.16 Å². The number of rotatable bonds is 0. The van der Waals surface area contributed by atoms with Crippen LogP contribution in [0.15, 0.2) is 76.0 Å². The van der Waals surface area contributed by atoms with E-state index in [-0.39, 0.29) is 0 Å². The smallest absolute Gasteiger partial charge is 0.166 e. The molecule has 0 aliphatic rings. The third kappa shape index (κ3) is 2.11. The van der Waals surface area contributed by atoms with E-state index < -0.39 is 0 Å². The highest BCUT2D eigenvalue weighted by Gasteiger charge is 1.91. The van der Waals surface area contributed by atoms with Gasteiger partial charge >= 0.3 is 0 Å². The molecular weight excluding hydrogens is 226 g/mol. The Hall–Kier alpha value is -2.55. The van der Waals surface area contributed by atoms with Crippen LogP contribution in [0.4, 0.5) is 0 Å². The van der Waals surface area contributed by atoms with Crippen molar-refractivity contribution in [3.05, 3.63) is 67.1 Å². The molecule has 0 atom stereocenters. The van der Waals surface area contributed by atoms with E-state index in [0.717, 1.165) is 21.9 Å². The van der Waals surface area contributed by atoms with Gasteiger partial charge in [0.2, 0.25) is 0 Å². The van der Waals surface area contributed by atoms with Crippen molar-refractivity contribution in [2.75, 3.05) is 0 Å². The van der Waals surface area contributed by atoms with E-state index in [1.54, 1.807) is 12.5 Å². The predicted molar refractivity (Wildman–Crippen MR) is 70.2 cm³/mol. The quantitative estimate of drug-likeness (QED) is 0.458. The first-order valence-electron chi connectivity index (χ1n) is 5.65. The largest absolute Gasteiger partial charge is 0.464 e. The molecule has 18 heavy (non-hydrogen) atoms. The van der Waals surface area contributed by atoms with Crippen LogP contribution in [-0.2, 0) is 0 Å². The Bertz CT molecular complexity index is 628. The minimum atomic E-state index is 0.845. The molecule has 4 rings (SSSR count). The van der Waals surface area contributed by atoms with Crippen LogP contribution < -0.4 is 0 Å². The third-order valence-corrected chi connectivity index (χ3v) is 2.62. The lowest BCUT2D eigenvalue weighted by molar-refractivity contribution is 0.456. The van der Waals surface area contributed by atoms with Gasteiger partial charge in [-0.2, -0.15) is 0 Å². The summed E-state index contributed by atoms with van der Waals surface area (Å²) in [6, 6.07) is 17.6. The van der Waals surface area contributed by atoms with Gasteiger partial charge < -0.3 is 8.94 Å². The lowest BCUT2D eigenvalue weighted by atomic mass is 10.3. The minimum absolute atomic E-state index is 0.845. The normalized spacial score (nSPS) is 10.2. The highest BCUT2D eigenvalue weighted by Crippen LogP contribution is 2.12. The Balaban J connectivity index is 0.000000111. The Morgan fingerprint density at radius 1 is 0.722 bits per heavy atom. The molecule has 0 amide bonds. The Morgan fingerprint density at radius 2 is 1.44 bits per heavy atom. The Labute approximate surface area is 104 Å². The number of benzene rings is 2. The summed E-state index contributed by atoms with van der Waals surface area (Å²) < 4.78 is 9.99. The minimum Gasteiger partial charge on any atom is -0.464 e. The van der Waals surface area contributed by atoms with Gasteiger partial charge in [0.25, 0.3) is 0 Å². The zero-order chi connectivity index (χ0) is 12.2. The van der Waals surface area contributed by atoms with Gasteiger partial charge in [0.15, 0.2) is 5.58 Å². The summed E-state index contributed by atoms with van der Waals surface area (Å²) in [6.07, 6.45) is 3.40. The maximum absolute atomic E-state index is 5.12. The molecule has 2 aromatic heterocycles. The van der Waals surface area contributed by atoms with Crippen molar-refractivity contribution >= 4 is 21.9 Å². The van der Waals surface area contributed by atoms with E-state index in [1.807, 2.05) is 54.6 Å². The monoisotopic (exact) mass is 237 g/mol. The number of hydrogen-bond donors (Lipinski definition) is 0. The first-order valence-corrected chi connectivity index (χ1v) is 5.65. The van der Waals surface area contributed by atoms with Crippen LogP contribution in [0.2, 0.25) is 0 Å². The summed E-state index contributed by atoms with van der Waals surface area (Å²) in [4.78, 5) is 0. The molecule has 0 bridgehead atoms. The maximum atomic E-state index is 5.12. The summed E-state index contributed by atoms with van der Waals surface area (Å²) in [5.74, 6) is 0. The molecule has 0 saturated heterocycles. The zero-order valence-corrected chi connectivity index (χ0v) is 9.61. The highest BCUT2D eigenvalue weighted by atomic mass is 16.5. The summed E-state index contributed by atoms with van der Waals surface area (Å²) in [6.45, 7) is 0. The van der Waals surface area contributed by atoms with Gasteiger partial charge in [-0.3, -0.25) is 0 Å². The highest BCUT2D eigenvalue weighted by molar-refractivity contribution is 5.76. The topological polar surface area (TPSA) is 39.2 Å². The summed E-state index contributed by atoms with van der Waals surface area (Å²) in [7, 11) is 0. The maximum Gasteiger partial charge on any atom is 0.166 e. The fourth-order valence-electron chi connectivity index (χ4n) is 1.72. The second-order valence-electron chi connectivity index (χ2n) is 3.82. The number of aromatic nitrogens is 1. The van der Waals surface area contributed by atoms with Crippen LogP contribution in [0, 0.1) is 0 Å². The molecule has 88 valence electrons. The molecule has 0 aliphatic heterocycles. The number of hydrogen-bond acceptors (Lipinski definition) is 3. The second-order valence-corrected chi connectivity index (χ2v) is 3.82. The van der Waals surface area contributed by atoms with E-state index >= 15 is 0 Å². The van der Waals surface area contributed by atoms with Crippen molar-refractivity contribution in [1.29, 1.82) is 0 Å². The van der Waals surface area contributed by atoms with Gasteiger partial charge in [-0.15, -0.1) is 0 Å². The van der Waals surface area contributed by atoms with Crippen molar-refractivity contribution in [2.45, 2.75) is 0 Å². The zero-order valence-electron chi connectivity index (χ0n) is 9.61. The first kappa shape index (κ1) is 10.6. The van der Waals surface area contributed by atoms with Crippen molar-refractivity contribution in [3.8, 4) is 0 Å². The fraction of sp³-hybridized carbons (Fsp3) is 0. The third-order valence-electron chi connectivity index (χ3n) is 2.62. The van der Waals surface area contributed by atoms with Crippen molar-refractivity contribution in [1.82, 2.24) is 5.16 Å². The molecule has 0 unspecified atom stereocenters. The molecule has 0 spiro atoms. The molecule has 0 radical (unpaired) electrons. The number of fused-ring (bicyclic) bond motifs is 2. The Morgan fingerprint density at radius 3 is 2.22 bits per heavy atom. The molecule has 0 fully saturated rings. The fourth-order valence-corrected chi connectivity index (χ4v) is 1.72. The van der Waals surface area contributed by atoms with Gasteiger partial charge in [-0.25, -0.2) is 0 Å². The number of nitrogens with zero attached hydrogens (tertiary/aromatic N) is 1. The van der Waals surface area contributed by atoms with Gasteiger partial charge in [0, 0.05) is 10.8 Å².